The van der Waals surface area contributed by atoms with Crippen molar-refractivity contribution >= 4 is 29.1 Å². The van der Waals surface area contributed by atoms with Crippen molar-refractivity contribution in [2.75, 3.05) is 14.2 Å². The molecule has 2 aromatic carbocycles. The molecule has 6 nitrogen and oxygen atoms in total. The van der Waals surface area contributed by atoms with Gasteiger partial charge in [-0.25, -0.2) is 4.79 Å². The minimum absolute atomic E-state index is 0.157. The Kier molecular flexibility index (Phi) is 5.23. The van der Waals surface area contributed by atoms with Crippen LogP contribution in [0.25, 0.3) is 0 Å². The maximum atomic E-state index is 13.0. The predicted molar refractivity (Wildman–Crippen MR) is 97.9 cm³/mol. The summed E-state index contributed by atoms with van der Waals surface area (Å²) in [6, 6.07) is 13.0. The summed E-state index contributed by atoms with van der Waals surface area (Å²) in [7, 11) is 2.85. The third-order valence-electron chi connectivity index (χ3n) is 4.23. The number of hydrogen-bond acceptors (Lipinski definition) is 6. The number of ether oxygens (including phenoxy) is 2. The normalized spacial score (nSPS) is 18.7. The smallest absolute Gasteiger partial charge is 0.354 e. The van der Waals surface area contributed by atoms with Crippen molar-refractivity contribution < 1.29 is 19.1 Å². The Balaban J connectivity index is 1.96. The second kappa shape index (κ2) is 7.58. The van der Waals surface area contributed by atoms with E-state index in [2.05, 4.69) is 10.5 Å². The number of hydrogen-bond donors (Lipinski definition) is 1. The van der Waals surface area contributed by atoms with Crippen molar-refractivity contribution in [2.24, 2.45) is 5.10 Å². The minimum atomic E-state index is -0.723. The van der Waals surface area contributed by atoms with Gasteiger partial charge in [-0.2, -0.15) is 5.10 Å². The van der Waals surface area contributed by atoms with Gasteiger partial charge >= 0.3 is 5.97 Å². The Morgan fingerprint density at radius 2 is 1.69 bits per heavy atom. The van der Waals surface area contributed by atoms with E-state index in [9.17, 15) is 9.59 Å². The zero-order valence-electron chi connectivity index (χ0n) is 14.2. The van der Waals surface area contributed by atoms with Crippen LogP contribution < -0.4 is 10.2 Å². The molecule has 0 aromatic heterocycles. The van der Waals surface area contributed by atoms with Gasteiger partial charge in [-0.3, -0.25) is 10.2 Å². The van der Waals surface area contributed by atoms with E-state index >= 15 is 0 Å². The lowest BCUT2D eigenvalue weighted by Crippen LogP contribution is -2.37. The molecule has 0 bridgehead atoms. The van der Waals surface area contributed by atoms with Gasteiger partial charge in [-0.1, -0.05) is 23.7 Å². The average molecular weight is 373 g/mol. The zero-order chi connectivity index (χ0) is 18.7. The second-order valence-electron chi connectivity index (χ2n) is 5.72. The molecule has 7 heteroatoms. The van der Waals surface area contributed by atoms with Gasteiger partial charge in [0.25, 0.3) is 0 Å². The van der Waals surface area contributed by atoms with Gasteiger partial charge in [0.1, 0.15) is 11.8 Å². The highest BCUT2D eigenvalue weighted by Gasteiger charge is 2.41. The van der Waals surface area contributed by atoms with E-state index in [-0.39, 0.29) is 11.5 Å². The Morgan fingerprint density at radius 3 is 2.27 bits per heavy atom. The SMILES string of the molecule is COC(=O)C1=NN[C@@H](C(=O)c2ccc(Cl)cc2)[C@H]1c1ccc(OC)cc1. The maximum absolute atomic E-state index is 13.0. The lowest BCUT2D eigenvalue weighted by atomic mass is 9.84. The van der Waals surface area contributed by atoms with Gasteiger partial charge in [0.2, 0.25) is 0 Å². The van der Waals surface area contributed by atoms with Crippen molar-refractivity contribution in [1.29, 1.82) is 0 Å². The highest BCUT2D eigenvalue weighted by molar-refractivity contribution is 6.40. The van der Waals surface area contributed by atoms with Crippen LogP contribution >= 0.6 is 11.6 Å². The first-order chi connectivity index (χ1) is 12.5. The third-order valence-corrected chi connectivity index (χ3v) is 4.48. The van der Waals surface area contributed by atoms with Crippen LogP contribution in [0.4, 0.5) is 0 Å². The molecule has 0 unspecified atom stereocenters. The molecular formula is C19H17ClN2O4. The number of rotatable bonds is 5. The first-order valence-electron chi connectivity index (χ1n) is 7.90. The molecule has 0 fully saturated rings. The van der Waals surface area contributed by atoms with Gasteiger partial charge < -0.3 is 9.47 Å². The standard InChI is InChI=1S/C19H17ClN2O4/c1-25-14-9-5-11(6-10-14)15-16(21-22-17(15)19(24)26-2)18(23)12-3-7-13(20)8-4-12/h3-10,15-16,21H,1-2H3/t15-,16-/m1/s1. The van der Waals surface area contributed by atoms with Crippen LogP contribution in [0, 0.1) is 0 Å². The fourth-order valence-corrected chi connectivity index (χ4v) is 3.01. The molecule has 2 atom stereocenters. The lowest BCUT2D eigenvalue weighted by molar-refractivity contribution is -0.132. The number of halogens is 1. The van der Waals surface area contributed by atoms with Gasteiger partial charge in [0.05, 0.1) is 20.1 Å². The predicted octanol–water partition coefficient (Wildman–Crippen LogP) is 2.82. The van der Waals surface area contributed by atoms with Crippen molar-refractivity contribution in [3.63, 3.8) is 0 Å². The molecular weight excluding hydrogens is 356 g/mol. The van der Waals surface area contributed by atoms with Crippen molar-refractivity contribution in [2.45, 2.75) is 12.0 Å². The Bertz CT molecular complexity index is 847. The molecule has 1 aliphatic heterocycles. The number of Topliss-reactive ketones (excluding diaryl/α,β-unsaturated/α-hetero) is 1. The van der Waals surface area contributed by atoms with Gasteiger partial charge in [-0.15, -0.1) is 0 Å². The number of esters is 1. The fourth-order valence-electron chi connectivity index (χ4n) is 2.88. The highest BCUT2D eigenvalue weighted by Crippen LogP contribution is 2.30. The topological polar surface area (TPSA) is 77.0 Å². The number of carbonyl (C=O) groups excluding carboxylic acids is 2. The Morgan fingerprint density at radius 1 is 1.04 bits per heavy atom. The van der Waals surface area contributed by atoms with E-state index in [0.29, 0.717) is 16.3 Å². The fraction of sp³-hybridized carbons (Fsp3) is 0.211. The molecule has 2 aromatic rings. The van der Waals surface area contributed by atoms with Crippen LogP contribution in [-0.4, -0.2) is 37.7 Å². The van der Waals surface area contributed by atoms with Crippen LogP contribution in [0.15, 0.2) is 53.6 Å². The van der Waals surface area contributed by atoms with E-state index < -0.39 is 17.9 Å². The van der Waals surface area contributed by atoms with Crippen molar-refractivity contribution in [3.8, 4) is 5.75 Å². The molecule has 1 N–H and O–H groups in total. The van der Waals surface area contributed by atoms with E-state index in [1.54, 1.807) is 55.6 Å². The van der Waals surface area contributed by atoms with E-state index in [1.165, 1.54) is 7.11 Å². The molecule has 0 radical (unpaired) electrons. The Hall–Kier alpha value is -2.86. The summed E-state index contributed by atoms with van der Waals surface area (Å²) in [5.74, 6) is -0.664. The molecule has 1 aliphatic rings. The second-order valence-corrected chi connectivity index (χ2v) is 6.15. The highest BCUT2D eigenvalue weighted by atomic mass is 35.5. The summed E-state index contributed by atoms with van der Waals surface area (Å²) >= 11 is 5.89. The largest absolute Gasteiger partial charge is 0.497 e. The van der Waals surface area contributed by atoms with Gasteiger partial charge in [0, 0.05) is 10.6 Å². The van der Waals surface area contributed by atoms with Crippen LogP contribution in [-0.2, 0) is 9.53 Å². The van der Waals surface area contributed by atoms with Crippen LogP contribution in [0.1, 0.15) is 21.8 Å². The third kappa shape index (κ3) is 3.41. The monoisotopic (exact) mass is 372 g/mol. The first-order valence-corrected chi connectivity index (χ1v) is 8.28. The van der Waals surface area contributed by atoms with Crippen LogP contribution in [0.3, 0.4) is 0 Å². The summed E-state index contributed by atoms with van der Waals surface area (Å²) < 4.78 is 9.98. The minimum Gasteiger partial charge on any atom is -0.497 e. The number of methoxy groups -OCH3 is 2. The molecule has 0 aliphatic carbocycles. The van der Waals surface area contributed by atoms with Crippen molar-refractivity contribution in [3.05, 3.63) is 64.7 Å². The van der Waals surface area contributed by atoms with Gasteiger partial charge in [0.15, 0.2) is 11.5 Å². The summed E-state index contributed by atoms with van der Waals surface area (Å²) in [5, 5.41) is 4.61. The molecule has 134 valence electrons. The number of hydrazone groups is 1. The number of benzene rings is 2. The summed E-state index contributed by atoms with van der Waals surface area (Å²) in [5.41, 5.74) is 4.18. The molecule has 1 heterocycles. The summed E-state index contributed by atoms with van der Waals surface area (Å²) in [4.78, 5) is 25.1. The molecule has 0 spiro atoms. The quantitative estimate of drug-likeness (QED) is 0.645. The molecule has 0 saturated carbocycles. The van der Waals surface area contributed by atoms with E-state index in [0.717, 1.165) is 5.56 Å². The molecule has 3 rings (SSSR count). The number of nitrogens with zero attached hydrogens (tertiary/aromatic N) is 1. The summed E-state index contributed by atoms with van der Waals surface area (Å²) in [6.07, 6.45) is 0. The van der Waals surface area contributed by atoms with Gasteiger partial charge in [-0.05, 0) is 42.0 Å². The Labute approximate surface area is 155 Å². The first kappa shape index (κ1) is 17.9. The van der Waals surface area contributed by atoms with E-state index in [4.69, 9.17) is 21.1 Å². The molecule has 0 amide bonds. The van der Waals surface area contributed by atoms with Crippen LogP contribution in [0.2, 0.25) is 5.02 Å². The zero-order valence-corrected chi connectivity index (χ0v) is 15.0. The molecule has 0 saturated heterocycles. The molecule has 26 heavy (non-hydrogen) atoms. The lowest BCUT2D eigenvalue weighted by Gasteiger charge is -2.20. The average Bonchev–Trinajstić information content (AvgIpc) is 3.12. The van der Waals surface area contributed by atoms with Crippen LogP contribution in [0.5, 0.6) is 5.75 Å². The van der Waals surface area contributed by atoms with E-state index in [1.807, 2.05) is 0 Å². The number of ketones is 1. The number of carbonyl (C=O) groups is 2. The summed E-state index contributed by atoms with van der Waals surface area (Å²) in [6.45, 7) is 0. The number of nitrogens with one attached hydrogen (secondary N) is 1. The van der Waals surface area contributed by atoms with Crippen molar-refractivity contribution in [1.82, 2.24) is 5.43 Å². The maximum Gasteiger partial charge on any atom is 0.354 e.